The van der Waals surface area contributed by atoms with E-state index in [4.69, 9.17) is 11.6 Å². The lowest BCUT2D eigenvalue weighted by molar-refractivity contribution is 0.0963. The molecule has 4 rings (SSSR count). The molecule has 1 aliphatic heterocycles. The standard InChI is InChI=1S/C24H26ClFN2O/c1-27-16-22(21-14-19(25)6-7-23(21)27)24(29)8-5-17-9-11-28(12-10-17)15-18-3-2-4-20(26)13-18/h2-4,6-7,13-14,16-17H,5,8-12,15H2,1H3. The van der Waals surface area contributed by atoms with Crippen molar-refractivity contribution >= 4 is 28.3 Å². The molecule has 0 saturated carbocycles. The van der Waals surface area contributed by atoms with Gasteiger partial charge in [-0.05, 0) is 74.2 Å². The Hall–Kier alpha value is -2.17. The zero-order valence-corrected chi connectivity index (χ0v) is 17.5. The number of Topliss-reactive ketones (excluding diaryl/α,β-unsaturated/α-hetero) is 1. The van der Waals surface area contributed by atoms with E-state index >= 15 is 0 Å². The van der Waals surface area contributed by atoms with Crippen molar-refractivity contribution in [3.05, 3.63) is 70.6 Å². The van der Waals surface area contributed by atoms with Crippen molar-refractivity contribution in [2.24, 2.45) is 13.0 Å². The number of benzene rings is 2. The Morgan fingerprint density at radius 1 is 1.17 bits per heavy atom. The highest BCUT2D eigenvalue weighted by Crippen LogP contribution is 2.28. The van der Waals surface area contributed by atoms with E-state index in [2.05, 4.69) is 4.90 Å². The van der Waals surface area contributed by atoms with Gasteiger partial charge in [0.2, 0.25) is 0 Å². The third-order valence-corrected chi connectivity index (χ3v) is 6.27. The molecule has 0 unspecified atom stereocenters. The minimum absolute atomic E-state index is 0.175. The third kappa shape index (κ3) is 4.71. The second-order valence-corrected chi connectivity index (χ2v) is 8.56. The van der Waals surface area contributed by atoms with Gasteiger partial charge < -0.3 is 4.57 Å². The van der Waals surface area contributed by atoms with Crippen LogP contribution in [0.3, 0.4) is 0 Å². The van der Waals surface area contributed by atoms with E-state index in [0.717, 1.165) is 60.9 Å². The van der Waals surface area contributed by atoms with Crippen LogP contribution in [-0.2, 0) is 13.6 Å². The van der Waals surface area contributed by atoms with Gasteiger partial charge in [-0.1, -0.05) is 23.7 Å². The summed E-state index contributed by atoms with van der Waals surface area (Å²) < 4.78 is 15.4. The van der Waals surface area contributed by atoms with E-state index in [9.17, 15) is 9.18 Å². The molecule has 0 amide bonds. The van der Waals surface area contributed by atoms with Gasteiger partial charge in [0, 0.05) is 47.7 Å². The van der Waals surface area contributed by atoms with E-state index in [1.165, 1.54) is 6.07 Å². The van der Waals surface area contributed by atoms with Gasteiger partial charge in [0.25, 0.3) is 0 Å². The van der Waals surface area contributed by atoms with Crippen LogP contribution in [0.4, 0.5) is 4.39 Å². The number of piperidine rings is 1. The van der Waals surface area contributed by atoms with E-state index < -0.39 is 0 Å². The first kappa shape index (κ1) is 20.1. The lowest BCUT2D eigenvalue weighted by Gasteiger charge is -2.32. The SMILES string of the molecule is Cn1cc(C(=O)CCC2CCN(Cc3cccc(F)c3)CC2)c2cc(Cl)ccc21. The van der Waals surface area contributed by atoms with Gasteiger partial charge in [0.15, 0.2) is 5.78 Å². The van der Waals surface area contributed by atoms with Gasteiger partial charge in [0.1, 0.15) is 5.82 Å². The monoisotopic (exact) mass is 412 g/mol. The first-order chi connectivity index (χ1) is 14.0. The number of carbonyl (C=O) groups excluding carboxylic acids is 1. The van der Waals surface area contributed by atoms with Crippen LogP contribution in [0.25, 0.3) is 10.9 Å². The molecule has 1 aromatic heterocycles. The van der Waals surface area contributed by atoms with E-state index in [-0.39, 0.29) is 11.6 Å². The number of ketones is 1. The van der Waals surface area contributed by atoms with Crippen LogP contribution in [0, 0.1) is 11.7 Å². The van der Waals surface area contributed by atoms with Crippen LogP contribution in [-0.4, -0.2) is 28.3 Å². The molecule has 1 aliphatic rings. The van der Waals surface area contributed by atoms with E-state index in [0.29, 0.717) is 17.4 Å². The highest BCUT2D eigenvalue weighted by molar-refractivity contribution is 6.31. The summed E-state index contributed by atoms with van der Waals surface area (Å²) in [4.78, 5) is 15.2. The molecule has 5 heteroatoms. The molecule has 1 fully saturated rings. The van der Waals surface area contributed by atoms with Gasteiger partial charge in [-0.15, -0.1) is 0 Å². The second-order valence-electron chi connectivity index (χ2n) is 8.13. The average molecular weight is 413 g/mol. The van der Waals surface area contributed by atoms with Crippen LogP contribution in [0.5, 0.6) is 0 Å². The fourth-order valence-electron chi connectivity index (χ4n) is 4.38. The van der Waals surface area contributed by atoms with Crippen molar-refractivity contribution in [2.45, 2.75) is 32.2 Å². The number of fused-ring (bicyclic) bond motifs is 1. The smallest absolute Gasteiger partial charge is 0.165 e. The van der Waals surface area contributed by atoms with Crippen LogP contribution in [0.1, 0.15) is 41.6 Å². The number of carbonyl (C=O) groups is 1. The molecular weight excluding hydrogens is 387 g/mol. The number of aromatic nitrogens is 1. The highest BCUT2D eigenvalue weighted by atomic mass is 35.5. The molecular formula is C24H26ClFN2O. The molecule has 2 heterocycles. The molecule has 0 atom stereocenters. The number of nitrogens with zero attached hydrogens (tertiary/aromatic N) is 2. The zero-order chi connectivity index (χ0) is 20.4. The maximum atomic E-state index is 13.4. The minimum Gasteiger partial charge on any atom is -0.350 e. The summed E-state index contributed by atoms with van der Waals surface area (Å²) in [5.41, 5.74) is 2.82. The first-order valence-electron chi connectivity index (χ1n) is 10.2. The number of hydrogen-bond donors (Lipinski definition) is 0. The Balaban J connectivity index is 1.30. The third-order valence-electron chi connectivity index (χ3n) is 6.03. The minimum atomic E-state index is -0.175. The van der Waals surface area contributed by atoms with Crippen LogP contribution in [0.2, 0.25) is 5.02 Å². The molecule has 0 N–H and O–H groups in total. The topological polar surface area (TPSA) is 25.2 Å². The Kier molecular flexibility index (Phi) is 6.02. The molecule has 152 valence electrons. The maximum absolute atomic E-state index is 13.4. The van der Waals surface area contributed by atoms with Gasteiger partial charge in [-0.3, -0.25) is 9.69 Å². The van der Waals surface area contributed by atoms with Crippen molar-refractivity contribution in [2.75, 3.05) is 13.1 Å². The number of hydrogen-bond acceptors (Lipinski definition) is 2. The van der Waals surface area contributed by atoms with Gasteiger partial charge in [-0.2, -0.15) is 0 Å². The maximum Gasteiger partial charge on any atom is 0.165 e. The molecule has 0 aliphatic carbocycles. The van der Waals surface area contributed by atoms with Gasteiger partial charge in [-0.25, -0.2) is 4.39 Å². The summed E-state index contributed by atoms with van der Waals surface area (Å²) in [7, 11) is 1.96. The highest BCUT2D eigenvalue weighted by Gasteiger charge is 2.21. The van der Waals surface area contributed by atoms with Crippen molar-refractivity contribution < 1.29 is 9.18 Å². The Morgan fingerprint density at radius 2 is 1.97 bits per heavy atom. The Labute approximate surface area is 176 Å². The molecule has 2 aromatic carbocycles. The number of halogens is 2. The molecule has 0 bridgehead atoms. The quantitative estimate of drug-likeness (QED) is 0.475. The molecule has 0 radical (unpaired) electrons. The van der Waals surface area contributed by atoms with E-state index in [1.807, 2.05) is 42.1 Å². The van der Waals surface area contributed by atoms with Gasteiger partial charge >= 0.3 is 0 Å². The molecule has 0 spiro atoms. The molecule has 3 nitrogen and oxygen atoms in total. The summed E-state index contributed by atoms with van der Waals surface area (Å²) in [5, 5.41) is 1.60. The Morgan fingerprint density at radius 3 is 2.72 bits per heavy atom. The lowest BCUT2D eigenvalue weighted by atomic mass is 9.90. The van der Waals surface area contributed by atoms with Gasteiger partial charge in [0.05, 0.1) is 0 Å². The van der Waals surface area contributed by atoms with E-state index in [1.54, 1.807) is 12.1 Å². The first-order valence-corrected chi connectivity index (χ1v) is 10.6. The summed E-state index contributed by atoms with van der Waals surface area (Å²) >= 11 is 6.14. The largest absolute Gasteiger partial charge is 0.350 e. The summed E-state index contributed by atoms with van der Waals surface area (Å²) in [5.74, 6) is 0.590. The fraction of sp³-hybridized carbons (Fsp3) is 0.375. The van der Waals surface area contributed by atoms with Crippen molar-refractivity contribution in [1.29, 1.82) is 0 Å². The molecule has 1 saturated heterocycles. The molecule has 29 heavy (non-hydrogen) atoms. The molecule has 3 aromatic rings. The number of aryl methyl sites for hydroxylation is 1. The summed E-state index contributed by atoms with van der Waals surface area (Å²) in [6.45, 7) is 2.79. The Bertz CT molecular complexity index is 1020. The number of rotatable bonds is 6. The summed E-state index contributed by atoms with van der Waals surface area (Å²) in [6, 6.07) is 12.5. The van der Waals surface area contributed by atoms with Crippen molar-refractivity contribution in [3.8, 4) is 0 Å². The number of likely N-dealkylation sites (tertiary alicyclic amines) is 1. The predicted octanol–water partition coefficient (Wildman–Crippen LogP) is 5.85. The predicted molar refractivity (Wildman–Crippen MR) is 116 cm³/mol. The van der Waals surface area contributed by atoms with Crippen LogP contribution < -0.4 is 0 Å². The fourth-order valence-corrected chi connectivity index (χ4v) is 4.56. The second kappa shape index (κ2) is 8.68. The average Bonchev–Trinajstić information content (AvgIpc) is 3.03. The van der Waals surface area contributed by atoms with Crippen LogP contribution >= 0.6 is 11.6 Å². The normalized spacial score (nSPS) is 15.8. The summed E-state index contributed by atoms with van der Waals surface area (Å²) in [6.07, 6.45) is 5.59. The lowest BCUT2D eigenvalue weighted by Crippen LogP contribution is -2.33. The van der Waals surface area contributed by atoms with Crippen molar-refractivity contribution in [1.82, 2.24) is 9.47 Å². The zero-order valence-electron chi connectivity index (χ0n) is 16.7. The van der Waals surface area contributed by atoms with Crippen molar-refractivity contribution in [3.63, 3.8) is 0 Å². The van der Waals surface area contributed by atoms with Crippen LogP contribution in [0.15, 0.2) is 48.7 Å².